The Morgan fingerprint density at radius 3 is 3.04 bits per heavy atom. The number of para-hydroxylation sites is 1. The minimum Gasteiger partial charge on any atom is -0.325 e. The maximum Gasteiger partial charge on any atom is 0.241 e. The van der Waals surface area contributed by atoms with E-state index in [-0.39, 0.29) is 5.91 Å². The van der Waals surface area contributed by atoms with Crippen LogP contribution >= 0.6 is 0 Å². The molecule has 1 atom stereocenters. The summed E-state index contributed by atoms with van der Waals surface area (Å²) in [7, 11) is 0. The van der Waals surface area contributed by atoms with E-state index in [2.05, 4.69) is 26.9 Å². The average molecular weight is 335 g/mol. The van der Waals surface area contributed by atoms with E-state index in [4.69, 9.17) is 5.73 Å². The molecule has 0 aliphatic carbocycles. The SMILES string of the molecule is NC(Cc1[nH]nc2ccccc12)C(=O)Nc1ccc2c(c1)CNCC2. The lowest BCUT2D eigenvalue weighted by Crippen LogP contribution is -2.37. The highest BCUT2D eigenvalue weighted by Crippen LogP contribution is 2.20. The van der Waals surface area contributed by atoms with Crippen LogP contribution in [0.5, 0.6) is 0 Å². The number of nitrogens with two attached hydrogens (primary N) is 1. The van der Waals surface area contributed by atoms with Crippen molar-refractivity contribution in [2.75, 3.05) is 11.9 Å². The molecule has 0 bridgehead atoms. The van der Waals surface area contributed by atoms with Gasteiger partial charge in [-0.3, -0.25) is 9.89 Å². The second-order valence-corrected chi connectivity index (χ2v) is 6.43. The minimum atomic E-state index is -0.641. The van der Waals surface area contributed by atoms with Gasteiger partial charge in [0.05, 0.1) is 11.6 Å². The number of nitrogens with zero attached hydrogens (tertiary/aromatic N) is 1. The van der Waals surface area contributed by atoms with Crippen molar-refractivity contribution in [3.63, 3.8) is 0 Å². The summed E-state index contributed by atoms with van der Waals surface area (Å²) in [6.07, 6.45) is 1.44. The van der Waals surface area contributed by atoms with Crippen LogP contribution in [0.15, 0.2) is 42.5 Å². The molecular weight excluding hydrogens is 314 g/mol. The van der Waals surface area contributed by atoms with Crippen molar-refractivity contribution >= 4 is 22.5 Å². The summed E-state index contributed by atoms with van der Waals surface area (Å²) in [5.41, 5.74) is 11.2. The Labute approximate surface area is 145 Å². The number of rotatable bonds is 4. The Morgan fingerprint density at radius 1 is 1.24 bits per heavy atom. The van der Waals surface area contributed by atoms with Crippen LogP contribution in [0.2, 0.25) is 0 Å². The monoisotopic (exact) mass is 335 g/mol. The number of hydrogen-bond acceptors (Lipinski definition) is 4. The van der Waals surface area contributed by atoms with E-state index in [1.165, 1.54) is 11.1 Å². The van der Waals surface area contributed by atoms with Gasteiger partial charge in [0, 0.05) is 29.7 Å². The van der Waals surface area contributed by atoms with E-state index in [1.54, 1.807) is 0 Å². The molecule has 1 amide bonds. The number of carbonyl (C=O) groups excluding carboxylic acids is 1. The predicted octanol–water partition coefficient (Wildman–Crippen LogP) is 1.72. The molecule has 128 valence electrons. The molecule has 0 radical (unpaired) electrons. The maximum atomic E-state index is 12.5. The van der Waals surface area contributed by atoms with E-state index in [1.807, 2.05) is 36.4 Å². The number of carbonyl (C=O) groups is 1. The number of aromatic amines is 1. The van der Waals surface area contributed by atoms with E-state index in [9.17, 15) is 4.79 Å². The van der Waals surface area contributed by atoms with Gasteiger partial charge in [0.25, 0.3) is 0 Å². The van der Waals surface area contributed by atoms with Crippen LogP contribution in [-0.4, -0.2) is 28.7 Å². The molecule has 0 fully saturated rings. The molecule has 4 rings (SSSR count). The zero-order valence-corrected chi connectivity index (χ0v) is 13.9. The Bertz CT molecular complexity index is 917. The Morgan fingerprint density at radius 2 is 2.12 bits per heavy atom. The summed E-state index contributed by atoms with van der Waals surface area (Å²) in [6.45, 7) is 1.84. The van der Waals surface area contributed by atoms with Gasteiger partial charge in [-0.25, -0.2) is 0 Å². The van der Waals surface area contributed by atoms with Crippen molar-refractivity contribution < 1.29 is 4.79 Å². The molecule has 2 aromatic carbocycles. The van der Waals surface area contributed by atoms with Crippen LogP contribution in [0.1, 0.15) is 16.8 Å². The number of nitrogens with one attached hydrogen (secondary N) is 3. The van der Waals surface area contributed by atoms with E-state index < -0.39 is 6.04 Å². The van der Waals surface area contributed by atoms with Crippen molar-refractivity contribution in [3.8, 4) is 0 Å². The van der Waals surface area contributed by atoms with E-state index in [0.29, 0.717) is 6.42 Å². The smallest absolute Gasteiger partial charge is 0.241 e. The largest absolute Gasteiger partial charge is 0.325 e. The van der Waals surface area contributed by atoms with Crippen LogP contribution < -0.4 is 16.4 Å². The van der Waals surface area contributed by atoms with Gasteiger partial charge in [-0.15, -0.1) is 0 Å². The van der Waals surface area contributed by atoms with Gasteiger partial charge in [0.1, 0.15) is 0 Å². The van der Waals surface area contributed by atoms with Gasteiger partial charge >= 0.3 is 0 Å². The highest BCUT2D eigenvalue weighted by Gasteiger charge is 2.18. The van der Waals surface area contributed by atoms with Crippen LogP contribution in [0, 0.1) is 0 Å². The molecule has 1 aromatic heterocycles. The standard InChI is InChI=1S/C19H21N5O/c20-16(10-18-15-3-1-2-4-17(15)23-24-18)19(25)22-14-6-5-12-7-8-21-11-13(12)9-14/h1-6,9,16,21H,7-8,10-11,20H2,(H,22,25)(H,23,24). The molecule has 1 unspecified atom stereocenters. The Balaban J connectivity index is 1.45. The fourth-order valence-electron chi connectivity index (χ4n) is 3.28. The van der Waals surface area contributed by atoms with Crippen LogP contribution in [0.3, 0.4) is 0 Å². The average Bonchev–Trinajstić information content (AvgIpc) is 3.04. The summed E-state index contributed by atoms with van der Waals surface area (Å²) >= 11 is 0. The van der Waals surface area contributed by atoms with E-state index >= 15 is 0 Å². The molecule has 1 aliphatic rings. The van der Waals surface area contributed by atoms with Crippen molar-refractivity contribution in [2.24, 2.45) is 5.73 Å². The second kappa shape index (κ2) is 6.66. The number of aromatic nitrogens is 2. The minimum absolute atomic E-state index is 0.192. The molecule has 2 heterocycles. The fraction of sp³-hybridized carbons (Fsp3) is 0.263. The Kier molecular flexibility index (Phi) is 4.21. The number of benzene rings is 2. The molecule has 0 spiro atoms. The third-order valence-corrected chi connectivity index (χ3v) is 4.66. The number of amides is 1. The normalized spacial score (nSPS) is 14.9. The van der Waals surface area contributed by atoms with Crippen molar-refractivity contribution in [1.82, 2.24) is 15.5 Å². The zero-order valence-electron chi connectivity index (χ0n) is 13.9. The molecule has 0 saturated carbocycles. The first-order valence-corrected chi connectivity index (χ1v) is 8.51. The molecule has 5 N–H and O–H groups in total. The van der Waals surface area contributed by atoms with Crippen LogP contribution in [0.25, 0.3) is 10.9 Å². The summed E-state index contributed by atoms with van der Waals surface area (Å²) in [5, 5.41) is 14.5. The molecule has 6 nitrogen and oxygen atoms in total. The van der Waals surface area contributed by atoms with E-state index in [0.717, 1.165) is 41.8 Å². The van der Waals surface area contributed by atoms with Gasteiger partial charge in [-0.05, 0) is 42.3 Å². The van der Waals surface area contributed by atoms with Crippen molar-refractivity contribution in [2.45, 2.75) is 25.4 Å². The first-order chi connectivity index (χ1) is 12.2. The lowest BCUT2D eigenvalue weighted by atomic mass is 10.0. The van der Waals surface area contributed by atoms with Crippen molar-refractivity contribution in [1.29, 1.82) is 0 Å². The first-order valence-electron chi connectivity index (χ1n) is 8.51. The molecular formula is C19H21N5O. The molecule has 6 heteroatoms. The zero-order chi connectivity index (χ0) is 17.2. The third-order valence-electron chi connectivity index (χ3n) is 4.66. The predicted molar refractivity (Wildman–Crippen MR) is 98.3 cm³/mol. The van der Waals surface area contributed by atoms with Gasteiger partial charge in [-0.1, -0.05) is 24.3 Å². The van der Waals surface area contributed by atoms with Gasteiger partial charge in [0.2, 0.25) is 5.91 Å². The summed E-state index contributed by atoms with van der Waals surface area (Å²) in [5.74, 6) is -0.192. The Hall–Kier alpha value is -2.70. The van der Waals surface area contributed by atoms with Crippen molar-refractivity contribution in [3.05, 3.63) is 59.3 Å². The van der Waals surface area contributed by atoms with Gasteiger partial charge in [-0.2, -0.15) is 5.10 Å². The molecule has 1 aliphatic heterocycles. The highest BCUT2D eigenvalue weighted by molar-refractivity contribution is 5.95. The van der Waals surface area contributed by atoms with Gasteiger partial charge < -0.3 is 16.4 Å². The fourth-order valence-corrected chi connectivity index (χ4v) is 3.28. The number of H-pyrrole nitrogens is 1. The molecule has 0 saturated heterocycles. The number of hydrogen-bond donors (Lipinski definition) is 4. The quantitative estimate of drug-likeness (QED) is 0.584. The lowest BCUT2D eigenvalue weighted by Gasteiger charge is -2.18. The first kappa shape index (κ1) is 15.8. The number of anilines is 1. The summed E-state index contributed by atoms with van der Waals surface area (Å²) in [6, 6.07) is 13.2. The second-order valence-electron chi connectivity index (χ2n) is 6.43. The third kappa shape index (κ3) is 3.26. The maximum absolute atomic E-state index is 12.5. The molecule has 25 heavy (non-hydrogen) atoms. The lowest BCUT2D eigenvalue weighted by molar-refractivity contribution is -0.117. The molecule has 3 aromatic rings. The topological polar surface area (TPSA) is 95.8 Å². The summed E-state index contributed by atoms with van der Waals surface area (Å²) < 4.78 is 0. The van der Waals surface area contributed by atoms with Gasteiger partial charge in [0.15, 0.2) is 0 Å². The highest BCUT2D eigenvalue weighted by atomic mass is 16.2. The number of fused-ring (bicyclic) bond motifs is 2. The van der Waals surface area contributed by atoms with Crippen LogP contribution in [0.4, 0.5) is 5.69 Å². The summed E-state index contributed by atoms with van der Waals surface area (Å²) in [4.78, 5) is 12.5. The van der Waals surface area contributed by atoms with Crippen LogP contribution in [-0.2, 0) is 24.2 Å².